The van der Waals surface area contributed by atoms with Crippen molar-refractivity contribution < 1.29 is 14.6 Å². The molecule has 24 heavy (non-hydrogen) atoms. The molecule has 0 heterocycles. The second-order valence-electron chi connectivity index (χ2n) is 6.80. The first-order chi connectivity index (χ1) is 11.5. The standard InChI is InChI=1S/C19H26N2O3/c1-13(2)18(24-17-6-4-3-5-15(17)11-20)19(23)21-16-9-7-14(12-22)8-10-16/h3-6,13-14,16,18,22H,7-10,12H2,1-2H3,(H,21,23). The Kier molecular flexibility index (Phi) is 6.62. The number of hydrogen-bond acceptors (Lipinski definition) is 4. The van der Waals surface area contributed by atoms with Gasteiger partial charge in [-0.3, -0.25) is 4.79 Å². The van der Waals surface area contributed by atoms with Crippen LogP contribution in [0.3, 0.4) is 0 Å². The Labute approximate surface area is 143 Å². The van der Waals surface area contributed by atoms with Gasteiger partial charge in [-0.05, 0) is 49.7 Å². The second kappa shape index (κ2) is 8.70. The number of carbonyl (C=O) groups is 1. The van der Waals surface area contributed by atoms with Gasteiger partial charge in [0.25, 0.3) is 5.91 Å². The number of aliphatic hydroxyl groups is 1. The number of ether oxygens (including phenoxy) is 1. The predicted molar refractivity (Wildman–Crippen MR) is 91.4 cm³/mol. The molecule has 0 spiro atoms. The molecule has 1 fully saturated rings. The van der Waals surface area contributed by atoms with E-state index in [1.54, 1.807) is 24.3 Å². The van der Waals surface area contributed by atoms with Gasteiger partial charge in [-0.25, -0.2) is 0 Å². The fraction of sp³-hybridized carbons (Fsp3) is 0.579. The van der Waals surface area contributed by atoms with Crippen LogP contribution < -0.4 is 10.1 Å². The van der Waals surface area contributed by atoms with Crippen molar-refractivity contribution in [1.82, 2.24) is 5.32 Å². The highest BCUT2D eigenvalue weighted by Crippen LogP contribution is 2.25. The van der Waals surface area contributed by atoms with Gasteiger partial charge in [-0.15, -0.1) is 0 Å². The highest BCUT2D eigenvalue weighted by molar-refractivity contribution is 5.81. The van der Waals surface area contributed by atoms with Gasteiger partial charge in [-0.2, -0.15) is 5.26 Å². The van der Waals surface area contributed by atoms with Gasteiger partial charge in [0.2, 0.25) is 0 Å². The van der Waals surface area contributed by atoms with Crippen LogP contribution in [0.2, 0.25) is 0 Å². The molecule has 1 saturated carbocycles. The van der Waals surface area contributed by atoms with Crippen LogP contribution in [0.25, 0.3) is 0 Å². The van der Waals surface area contributed by atoms with Crippen LogP contribution in [0, 0.1) is 23.2 Å². The molecule has 0 aliphatic heterocycles. The van der Waals surface area contributed by atoms with Gasteiger partial charge in [0.05, 0.1) is 5.56 Å². The summed E-state index contributed by atoms with van der Waals surface area (Å²) in [5.41, 5.74) is 0.430. The Hall–Kier alpha value is -2.06. The minimum absolute atomic E-state index is 0.00877. The van der Waals surface area contributed by atoms with Crippen molar-refractivity contribution in [2.45, 2.75) is 51.7 Å². The molecule has 0 bridgehead atoms. The lowest BCUT2D eigenvalue weighted by atomic mass is 9.86. The third-order valence-electron chi connectivity index (χ3n) is 4.58. The van der Waals surface area contributed by atoms with Crippen molar-refractivity contribution in [2.24, 2.45) is 11.8 Å². The molecule has 1 amide bonds. The van der Waals surface area contributed by atoms with E-state index < -0.39 is 6.10 Å². The fourth-order valence-corrected chi connectivity index (χ4v) is 3.06. The van der Waals surface area contributed by atoms with E-state index in [4.69, 9.17) is 10.00 Å². The van der Waals surface area contributed by atoms with Gasteiger partial charge >= 0.3 is 0 Å². The number of nitrogens with one attached hydrogen (secondary N) is 1. The zero-order valence-electron chi connectivity index (χ0n) is 14.4. The SMILES string of the molecule is CC(C)C(Oc1ccccc1C#N)C(=O)NC1CCC(CO)CC1. The van der Waals surface area contributed by atoms with Crippen LogP contribution in [0.15, 0.2) is 24.3 Å². The van der Waals surface area contributed by atoms with Gasteiger partial charge in [0.15, 0.2) is 6.10 Å². The number of aliphatic hydroxyl groups excluding tert-OH is 1. The normalized spacial score (nSPS) is 21.8. The first-order valence-corrected chi connectivity index (χ1v) is 8.62. The zero-order chi connectivity index (χ0) is 17.5. The Morgan fingerprint density at radius 2 is 2.00 bits per heavy atom. The van der Waals surface area contributed by atoms with Crippen LogP contribution >= 0.6 is 0 Å². The fourth-order valence-electron chi connectivity index (χ4n) is 3.06. The average Bonchev–Trinajstić information content (AvgIpc) is 2.60. The number of carbonyl (C=O) groups excluding carboxylic acids is 1. The molecule has 1 aliphatic carbocycles. The van der Waals surface area contributed by atoms with E-state index in [0.717, 1.165) is 25.7 Å². The minimum Gasteiger partial charge on any atom is -0.479 e. The van der Waals surface area contributed by atoms with Crippen molar-refractivity contribution in [3.63, 3.8) is 0 Å². The van der Waals surface area contributed by atoms with Gasteiger partial charge in [-0.1, -0.05) is 26.0 Å². The molecule has 0 aromatic heterocycles. The summed E-state index contributed by atoms with van der Waals surface area (Å²) in [5, 5.41) is 21.4. The van der Waals surface area contributed by atoms with Crippen molar-refractivity contribution in [1.29, 1.82) is 5.26 Å². The Bertz CT molecular complexity index is 587. The third-order valence-corrected chi connectivity index (χ3v) is 4.58. The predicted octanol–water partition coefficient (Wildman–Crippen LogP) is 2.63. The lowest BCUT2D eigenvalue weighted by molar-refractivity contribution is -0.130. The second-order valence-corrected chi connectivity index (χ2v) is 6.80. The average molecular weight is 330 g/mol. The van der Waals surface area contributed by atoms with E-state index in [2.05, 4.69) is 11.4 Å². The summed E-state index contributed by atoms with van der Waals surface area (Å²) >= 11 is 0. The summed E-state index contributed by atoms with van der Waals surface area (Å²) in [6, 6.07) is 9.19. The monoisotopic (exact) mass is 330 g/mol. The first kappa shape index (κ1) is 18.3. The molecule has 2 N–H and O–H groups in total. The summed E-state index contributed by atoms with van der Waals surface area (Å²) in [7, 11) is 0. The van der Waals surface area contributed by atoms with Gasteiger partial charge in [0, 0.05) is 12.6 Å². The summed E-state index contributed by atoms with van der Waals surface area (Å²) in [5.74, 6) is 0.659. The molecule has 1 unspecified atom stereocenters. The first-order valence-electron chi connectivity index (χ1n) is 8.62. The van der Waals surface area contributed by atoms with Crippen molar-refractivity contribution in [3.05, 3.63) is 29.8 Å². The van der Waals surface area contributed by atoms with Crippen molar-refractivity contribution in [2.75, 3.05) is 6.61 Å². The number of nitriles is 1. The third kappa shape index (κ3) is 4.72. The number of rotatable bonds is 6. The molecule has 0 saturated heterocycles. The molecule has 1 aromatic rings. The molecule has 0 radical (unpaired) electrons. The van der Waals surface area contributed by atoms with Gasteiger partial charge < -0.3 is 15.2 Å². The maximum Gasteiger partial charge on any atom is 0.261 e. The van der Waals surface area contributed by atoms with Crippen LogP contribution in [0.4, 0.5) is 0 Å². The number of nitrogens with zero attached hydrogens (tertiary/aromatic N) is 1. The van der Waals surface area contributed by atoms with E-state index in [1.165, 1.54) is 0 Å². The number of para-hydroxylation sites is 1. The lowest BCUT2D eigenvalue weighted by Gasteiger charge is -2.30. The molecule has 1 aromatic carbocycles. The highest BCUT2D eigenvalue weighted by atomic mass is 16.5. The van der Waals surface area contributed by atoms with E-state index in [-0.39, 0.29) is 24.5 Å². The molecule has 5 heteroatoms. The topological polar surface area (TPSA) is 82.3 Å². The van der Waals surface area contributed by atoms with Crippen LogP contribution in [-0.2, 0) is 4.79 Å². The summed E-state index contributed by atoms with van der Waals surface area (Å²) in [6.45, 7) is 4.09. The summed E-state index contributed by atoms with van der Waals surface area (Å²) < 4.78 is 5.87. The number of benzene rings is 1. The molecule has 1 aliphatic rings. The highest BCUT2D eigenvalue weighted by Gasteiger charge is 2.29. The molecule has 1 atom stereocenters. The Morgan fingerprint density at radius 1 is 1.33 bits per heavy atom. The van der Waals surface area contributed by atoms with Crippen LogP contribution in [0.5, 0.6) is 5.75 Å². The number of hydrogen-bond donors (Lipinski definition) is 2. The molecule has 130 valence electrons. The maximum atomic E-state index is 12.6. The zero-order valence-corrected chi connectivity index (χ0v) is 14.4. The van der Waals surface area contributed by atoms with E-state index in [0.29, 0.717) is 17.2 Å². The minimum atomic E-state index is -0.630. The molecule has 2 rings (SSSR count). The van der Waals surface area contributed by atoms with Crippen molar-refractivity contribution >= 4 is 5.91 Å². The summed E-state index contributed by atoms with van der Waals surface area (Å²) in [4.78, 5) is 12.6. The maximum absolute atomic E-state index is 12.6. The van der Waals surface area contributed by atoms with E-state index >= 15 is 0 Å². The largest absolute Gasteiger partial charge is 0.479 e. The molecular formula is C19H26N2O3. The number of amides is 1. The molecule has 5 nitrogen and oxygen atoms in total. The quantitative estimate of drug-likeness (QED) is 0.840. The molecular weight excluding hydrogens is 304 g/mol. The van der Waals surface area contributed by atoms with Crippen LogP contribution in [0.1, 0.15) is 45.1 Å². The smallest absolute Gasteiger partial charge is 0.261 e. The lowest BCUT2D eigenvalue weighted by Crippen LogP contribution is -2.47. The summed E-state index contributed by atoms with van der Waals surface area (Å²) in [6.07, 6.45) is 3.01. The van der Waals surface area contributed by atoms with E-state index in [1.807, 2.05) is 13.8 Å². The van der Waals surface area contributed by atoms with E-state index in [9.17, 15) is 9.90 Å². The van der Waals surface area contributed by atoms with Gasteiger partial charge in [0.1, 0.15) is 11.8 Å². The Morgan fingerprint density at radius 3 is 2.58 bits per heavy atom. The van der Waals surface area contributed by atoms with Crippen molar-refractivity contribution in [3.8, 4) is 11.8 Å². The van der Waals surface area contributed by atoms with Crippen LogP contribution in [-0.4, -0.2) is 29.8 Å². The Balaban J connectivity index is 2.00.